The van der Waals surface area contributed by atoms with Crippen molar-refractivity contribution in [1.29, 1.82) is 0 Å². The summed E-state index contributed by atoms with van der Waals surface area (Å²) in [4.78, 5) is 0. The molecule has 0 heterocycles. The molecule has 0 amide bonds. The lowest BCUT2D eigenvalue weighted by Gasteiger charge is -2.39. The minimum absolute atomic E-state index is 0. The van der Waals surface area contributed by atoms with Gasteiger partial charge in [0.05, 0.1) is 26.2 Å². The van der Waals surface area contributed by atoms with Crippen LogP contribution in [0.25, 0.3) is 0 Å². The molecule has 0 rings (SSSR count). The highest BCUT2D eigenvalue weighted by Crippen LogP contribution is 2.16. The van der Waals surface area contributed by atoms with E-state index in [4.69, 9.17) is 0 Å². The van der Waals surface area contributed by atoms with E-state index in [2.05, 4.69) is 27.7 Å². The summed E-state index contributed by atoms with van der Waals surface area (Å²) in [5.41, 5.74) is 0. The third-order valence-corrected chi connectivity index (χ3v) is 3.94. The fourth-order valence-electron chi connectivity index (χ4n) is 2.64. The van der Waals surface area contributed by atoms with Crippen molar-refractivity contribution >= 4 is 0 Å². The predicted octanol–water partition coefficient (Wildman–Crippen LogP) is -9.60. The Kier molecular flexibility index (Phi) is 55.7. The monoisotopic (exact) mass is 355 g/mol. The highest BCUT2D eigenvalue weighted by Gasteiger charge is 2.24. The molecule has 0 bridgehead atoms. The Bertz CT molecular complexity index is 137. The molecule has 0 atom stereocenters. The Morgan fingerprint density at radius 3 is 0.739 bits per heavy atom. The first-order valence-corrected chi connectivity index (χ1v) is 8.09. The predicted molar refractivity (Wildman–Crippen MR) is 85.3 cm³/mol. The average molecular weight is 355 g/mol. The molecule has 0 aromatic heterocycles. The van der Waals surface area contributed by atoms with Crippen LogP contribution in [0.5, 0.6) is 0 Å². The molecule has 0 aliphatic rings. The standard InChI is InChI=1S/C16H36N.5FH.H3N/c1-5-9-13-17(14-10-6-2,15-11-7-3)16-12-8-4;;;;;;/h5-16H2,1-4H3;5*1H;1H3/q+1;;;;;;/p-4. The van der Waals surface area contributed by atoms with E-state index < -0.39 is 0 Å². The Labute approximate surface area is 140 Å². The van der Waals surface area contributed by atoms with Crippen molar-refractivity contribution in [2.45, 2.75) is 79.1 Å². The first-order valence-electron chi connectivity index (χ1n) is 8.09. The van der Waals surface area contributed by atoms with Gasteiger partial charge >= 0.3 is 0 Å². The number of hydrogen-bond acceptors (Lipinski definition) is 0. The quantitative estimate of drug-likeness (QED) is 0.267. The lowest BCUT2D eigenvalue weighted by molar-refractivity contribution is -0.929. The van der Waals surface area contributed by atoms with Crippen LogP contribution in [0, 0.1) is 0 Å². The summed E-state index contributed by atoms with van der Waals surface area (Å²) in [6, 6.07) is 0. The SMILES string of the molecule is CCCC[N+](CCCC)(CCCC)CCCC.[F-].[F-].[F-].[F-].[F-].[NH4+]. The maximum absolute atomic E-state index is 2.33. The van der Waals surface area contributed by atoms with Crippen LogP contribution in [0.1, 0.15) is 79.1 Å². The summed E-state index contributed by atoms with van der Waals surface area (Å²) < 4.78 is 1.42. The second-order valence-electron chi connectivity index (χ2n) is 5.65. The van der Waals surface area contributed by atoms with Gasteiger partial charge in [0.1, 0.15) is 0 Å². The van der Waals surface area contributed by atoms with Crippen LogP contribution < -0.4 is 29.7 Å². The lowest BCUT2D eigenvalue weighted by Crippen LogP contribution is -3.00. The van der Waals surface area contributed by atoms with Crippen molar-refractivity contribution in [3.63, 3.8) is 0 Å². The molecule has 0 aliphatic carbocycles. The fraction of sp³-hybridized carbons (Fsp3) is 1.00. The van der Waals surface area contributed by atoms with Crippen molar-refractivity contribution in [3.05, 3.63) is 0 Å². The van der Waals surface area contributed by atoms with Crippen LogP contribution in [0.4, 0.5) is 0 Å². The summed E-state index contributed by atoms with van der Waals surface area (Å²) in [7, 11) is 0. The second kappa shape index (κ2) is 29.6. The van der Waals surface area contributed by atoms with Crippen LogP contribution in [0.15, 0.2) is 0 Å². The third-order valence-electron chi connectivity index (χ3n) is 3.94. The van der Waals surface area contributed by atoms with E-state index >= 15 is 0 Å². The van der Waals surface area contributed by atoms with Gasteiger partial charge in [-0.3, -0.25) is 0 Å². The van der Waals surface area contributed by atoms with E-state index in [1.165, 1.54) is 82.0 Å². The van der Waals surface area contributed by atoms with E-state index in [1.807, 2.05) is 0 Å². The zero-order valence-corrected chi connectivity index (χ0v) is 15.8. The van der Waals surface area contributed by atoms with Crippen molar-refractivity contribution in [2.24, 2.45) is 0 Å². The van der Waals surface area contributed by atoms with Gasteiger partial charge in [-0.05, 0) is 25.7 Å². The van der Waals surface area contributed by atoms with E-state index in [0.717, 1.165) is 0 Å². The van der Waals surface area contributed by atoms with Gasteiger partial charge in [-0.1, -0.05) is 53.4 Å². The Morgan fingerprint density at radius 2 is 0.609 bits per heavy atom. The van der Waals surface area contributed by atoms with Gasteiger partial charge in [0, 0.05) is 0 Å². The lowest BCUT2D eigenvalue weighted by atomic mass is 10.1. The van der Waals surface area contributed by atoms with Crippen LogP contribution in [0.2, 0.25) is 0 Å². The molecule has 7 heteroatoms. The van der Waals surface area contributed by atoms with Crippen molar-refractivity contribution < 1.29 is 28.0 Å². The zero-order valence-electron chi connectivity index (χ0n) is 15.8. The van der Waals surface area contributed by atoms with Gasteiger partial charge in [0.15, 0.2) is 0 Å². The van der Waals surface area contributed by atoms with Crippen LogP contribution in [0.3, 0.4) is 0 Å². The van der Waals surface area contributed by atoms with E-state index in [1.54, 1.807) is 0 Å². The van der Waals surface area contributed by atoms with Crippen molar-refractivity contribution in [1.82, 2.24) is 6.15 Å². The summed E-state index contributed by atoms with van der Waals surface area (Å²) in [5.74, 6) is 0. The van der Waals surface area contributed by atoms with Crippen LogP contribution >= 0.6 is 0 Å². The molecular weight excluding hydrogens is 315 g/mol. The average Bonchev–Trinajstić information content (AvgIpc) is 2.37. The molecule has 0 aromatic rings. The van der Waals surface area contributed by atoms with Gasteiger partial charge in [0.2, 0.25) is 0 Å². The molecule has 0 fully saturated rings. The fourth-order valence-corrected chi connectivity index (χ4v) is 2.64. The minimum Gasteiger partial charge on any atom is -1.00 e. The Balaban J connectivity index is -0.0000000853. The maximum Gasteiger partial charge on any atom is 0.0786 e. The van der Waals surface area contributed by atoms with Crippen molar-refractivity contribution in [2.75, 3.05) is 26.2 Å². The van der Waals surface area contributed by atoms with E-state index in [0.29, 0.717) is 0 Å². The zero-order chi connectivity index (χ0) is 13.0. The third kappa shape index (κ3) is 21.6. The van der Waals surface area contributed by atoms with Gasteiger partial charge in [-0.25, -0.2) is 0 Å². The maximum atomic E-state index is 2.33. The van der Waals surface area contributed by atoms with Gasteiger partial charge in [-0.2, -0.15) is 0 Å². The first-order chi connectivity index (χ1) is 8.24. The van der Waals surface area contributed by atoms with Gasteiger partial charge in [-0.15, -0.1) is 0 Å². The molecule has 0 unspecified atom stereocenters. The molecule has 0 aromatic carbocycles. The smallest absolute Gasteiger partial charge is 0.0786 e. The van der Waals surface area contributed by atoms with Gasteiger partial charge < -0.3 is 34.2 Å². The molecule has 0 radical (unpaired) electrons. The van der Waals surface area contributed by atoms with Crippen molar-refractivity contribution in [3.8, 4) is 0 Å². The highest BCUT2D eigenvalue weighted by molar-refractivity contribution is 4.49. The summed E-state index contributed by atoms with van der Waals surface area (Å²) in [6.07, 6.45) is 11.1. The van der Waals surface area contributed by atoms with E-state index in [9.17, 15) is 0 Å². The molecule has 0 spiro atoms. The van der Waals surface area contributed by atoms with Crippen LogP contribution in [-0.2, 0) is 0 Å². The molecule has 152 valence electrons. The van der Waals surface area contributed by atoms with Crippen LogP contribution in [-0.4, -0.2) is 30.7 Å². The molecular formula is C16H40F5N2-3. The number of halogens is 5. The minimum atomic E-state index is 0. The molecule has 2 nitrogen and oxygen atoms in total. The summed E-state index contributed by atoms with van der Waals surface area (Å²) in [5, 5.41) is 0. The molecule has 0 saturated heterocycles. The molecule has 0 saturated carbocycles. The number of rotatable bonds is 12. The summed E-state index contributed by atoms with van der Waals surface area (Å²) >= 11 is 0. The Morgan fingerprint density at radius 1 is 0.435 bits per heavy atom. The van der Waals surface area contributed by atoms with Gasteiger partial charge in [0.25, 0.3) is 0 Å². The normalized spacial score (nSPS) is 8.87. The topological polar surface area (TPSA) is 36.5 Å². The Hall–Kier alpha value is -0.430. The number of hydrogen-bond donors (Lipinski definition) is 1. The summed E-state index contributed by atoms with van der Waals surface area (Å²) in [6.45, 7) is 15.0. The molecule has 23 heavy (non-hydrogen) atoms. The largest absolute Gasteiger partial charge is 1.00 e. The molecule has 4 N–H and O–H groups in total. The highest BCUT2D eigenvalue weighted by atomic mass is 19.0. The number of nitrogens with zero attached hydrogens (tertiary/aromatic N) is 1. The number of quaternary nitrogens is 2. The number of unbranched alkanes of at least 4 members (excludes halogenated alkanes) is 4. The first kappa shape index (κ1) is 43.3. The second-order valence-corrected chi connectivity index (χ2v) is 5.65. The van der Waals surface area contributed by atoms with E-state index in [-0.39, 0.29) is 29.7 Å². The molecule has 0 aliphatic heterocycles.